The summed E-state index contributed by atoms with van der Waals surface area (Å²) < 4.78 is 79.6. The monoisotopic (exact) mass is 520 g/mol. The zero-order valence-electron chi connectivity index (χ0n) is 15.9. The zero-order chi connectivity index (χ0) is 23.3. The Morgan fingerprint density at radius 3 is 2.31 bits per heavy atom. The Morgan fingerprint density at radius 2 is 1.81 bits per heavy atom. The number of alkyl halides is 3. The van der Waals surface area contributed by atoms with Crippen LogP contribution in [0.15, 0.2) is 27.8 Å². The summed E-state index contributed by atoms with van der Waals surface area (Å²) in [7, 11) is -3.37. The third-order valence-corrected chi connectivity index (χ3v) is 6.54. The second kappa shape index (κ2) is 8.84. The lowest BCUT2D eigenvalue weighted by Crippen LogP contribution is -2.55. The van der Waals surface area contributed by atoms with Crippen LogP contribution >= 0.6 is 24.0 Å². The van der Waals surface area contributed by atoms with Gasteiger partial charge in [-0.1, -0.05) is 11.6 Å². The molecular formula is C16H14Cl2F4N4O5S. The van der Waals surface area contributed by atoms with Gasteiger partial charge in [0, 0.05) is 26.2 Å². The van der Waals surface area contributed by atoms with Gasteiger partial charge in [0.2, 0.25) is 10.0 Å². The van der Waals surface area contributed by atoms with E-state index in [1.807, 2.05) is 0 Å². The van der Waals surface area contributed by atoms with Crippen LogP contribution in [0, 0.1) is 5.82 Å². The lowest BCUT2D eigenvalue weighted by atomic mass is 10.1. The molecular weight excluding hydrogens is 507 g/mol. The standard InChI is InChI=1S/C16H13ClF4N4O5S.ClH/c1-24-12(16(19,20)21)4-13(26)25(15(24)28)11-2-8(9(17)3-10(11)18)14(27)23-31(29,30)7-5-22-6-7;/h2-4,7,22H,5-6H2,1H3,(H,23,27);1H. The van der Waals surface area contributed by atoms with E-state index >= 15 is 0 Å². The van der Waals surface area contributed by atoms with Gasteiger partial charge in [-0.05, 0) is 12.1 Å². The highest BCUT2D eigenvalue weighted by Crippen LogP contribution is 2.27. The van der Waals surface area contributed by atoms with Crippen LogP contribution in [-0.2, 0) is 23.2 Å². The Labute approximate surface area is 188 Å². The molecule has 2 aromatic rings. The van der Waals surface area contributed by atoms with Crippen molar-refractivity contribution in [3.63, 3.8) is 0 Å². The number of nitrogens with one attached hydrogen (secondary N) is 2. The smallest absolute Gasteiger partial charge is 0.314 e. The van der Waals surface area contributed by atoms with E-state index in [-0.39, 0.29) is 40.7 Å². The van der Waals surface area contributed by atoms with Crippen molar-refractivity contribution in [1.82, 2.24) is 19.2 Å². The molecule has 1 aromatic carbocycles. The van der Waals surface area contributed by atoms with E-state index in [2.05, 4.69) is 5.32 Å². The van der Waals surface area contributed by atoms with Gasteiger partial charge in [-0.25, -0.2) is 26.9 Å². The van der Waals surface area contributed by atoms with Gasteiger partial charge >= 0.3 is 11.9 Å². The number of hydrogen-bond donors (Lipinski definition) is 2. The second-order valence-electron chi connectivity index (χ2n) is 6.58. The minimum Gasteiger partial charge on any atom is -0.314 e. The average molecular weight is 521 g/mol. The molecule has 0 atom stereocenters. The van der Waals surface area contributed by atoms with Crippen LogP contribution in [0.5, 0.6) is 0 Å². The number of carbonyl (C=O) groups is 1. The van der Waals surface area contributed by atoms with Crippen LogP contribution < -0.4 is 21.3 Å². The number of halogens is 6. The molecule has 32 heavy (non-hydrogen) atoms. The lowest BCUT2D eigenvalue weighted by Gasteiger charge is -2.26. The first kappa shape index (κ1) is 25.8. The first-order valence-corrected chi connectivity index (χ1v) is 10.3. The van der Waals surface area contributed by atoms with E-state index in [1.54, 1.807) is 4.72 Å². The fraction of sp³-hybridized carbons (Fsp3) is 0.312. The summed E-state index contributed by atoms with van der Waals surface area (Å²) in [6.45, 7) is 0.198. The molecule has 1 aliphatic heterocycles. The van der Waals surface area contributed by atoms with Gasteiger partial charge in [0.05, 0.1) is 16.3 Å². The number of rotatable bonds is 4. The molecule has 1 fully saturated rings. The first-order valence-electron chi connectivity index (χ1n) is 8.40. The maximum atomic E-state index is 14.5. The third kappa shape index (κ3) is 4.67. The molecule has 1 aliphatic rings. The SMILES string of the molecule is Cl.Cn1c(C(F)(F)F)cc(=O)n(-c2cc(C(=O)NS(=O)(=O)C3CNC3)c(Cl)cc2F)c1=O. The van der Waals surface area contributed by atoms with Crippen molar-refractivity contribution < 1.29 is 30.8 Å². The maximum Gasteiger partial charge on any atom is 0.431 e. The van der Waals surface area contributed by atoms with Gasteiger partial charge in [0.1, 0.15) is 16.8 Å². The first-order chi connectivity index (χ1) is 14.2. The third-order valence-electron chi connectivity index (χ3n) is 4.55. The molecule has 0 saturated carbocycles. The fourth-order valence-electron chi connectivity index (χ4n) is 2.75. The number of hydrogen-bond acceptors (Lipinski definition) is 6. The maximum absolute atomic E-state index is 14.5. The summed E-state index contributed by atoms with van der Waals surface area (Å²) >= 11 is 5.81. The van der Waals surface area contributed by atoms with Gasteiger partial charge in [0.15, 0.2) is 0 Å². The Bertz CT molecular complexity index is 1300. The van der Waals surface area contributed by atoms with Crippen LogP contribution in [0.1, 0.15) is 16.1 Å². The summed E-state index contributed by atoms with van der Waals surface area (Å²) in [5.74, 6) is -2.57. The van der Waals surface area contributed by atoms with Crippen molar-refractivity contribution in [3.05, 3.63) is 61.1 Å². The normalized spacial score (nSPS) is 14.4. The molecule has 1 aromatic heterocycles. The minimum absolute atomic E-state index is 0. The lowest BCUT2D eigenvalue weighted by molar-refractivity contribution is -0.144. The van der Waals surface area contributed by atoms with Gasteiger partial charge in [-0.2, -0.15) is 13.2 Å². The molecule has 0 unspecified atom stereocenters. The second-order valence-corrected chi connectivity index (χ2v) is 8.95. The van der Waals surface area contributed by atoms with Gasteiger partial charge in [-0.15, -0.1) is 12.4 Å². The zero-order valence-corrected chi connectivity index (χ0v) is 18.3. The van der Waals surface area contributed by atoms with Crippen LogP contribution in [0.25, 0.3) is 5.69 Å². The van der Waals surface area contributed by atoms with E-state index in [0.29, 0.717) is 12.1 Å². The molecule has 3 rings (SSSR count). The van der Waals surface area contributed by atoms with Crippen molar-refractivity contribution in [2.75, 3.05) is 13.1 Å². The van der Waals surface area contributed by atoms with Gasteiger partial charge < -0.3 is 5.32 Å². The summed E-state index contributed by atoms with van der Waals surface area (Å²) in [5, 5.41) is 1.27. The molecule has 0 spiro atoms. The largest absolute Gasteiger partial charge is 0.431 e. The van der Waals surface area contributed by atoms with Crippen molar-refractivity contribution in [2.24, 2.45) is 7.05 Å². The van der Waals surface area contributed by atoms with E-state index in [1.165, 1.54) is 0 Å². The highest BCUT2D eigenvalue weighted by Gasteiger charge is 2.36. The summed E-state index contributed by atoms with van der Waals surface area (Å²) in [5.41, 5.74) is -6.11. The number of benzene rings is 1. The number of nitrogens with zero attached hydrogens (tertiary/aromatic N) is 2. The molecule has 16 heteroatoms. The van der Waals surface area contributed by atoms with Gasteiger partial charge in [0.25, 0.3) is 11.5 Å². The molecule has 1 saturated heterocycles. The summed E-state index contributed by atoms with van der Waals surface area (Å²) in [6.07, 6.45) is -5.03. The van der Waals surface area contributed by atoms with Crippen LogP contribution in [-0.4, -0.2) is 41.8 Å². The number of amides is 1. The molecule has 176 valence electrons. The highest BCUT2D eigenvalue weighted by atomic mass is 35.5. The van der Waals surface area contributed by atoms with Crippen LogP contribution in [0.4, 0.5) is 17.6 Å². The van der Waals surface area contributed by atoms with Gasteiger partial charge in [-0.3, -0.25) is 14.2 Å². The molecule has 1 amide bonds. The quantitative estimate of drug-likeness (QED) is 0.575. The van der Waals surface area contributed by atoms with E-state index < -0.39 is 66.4 Å². The molecule has 2 N–H and O–H groups in total. The molecule has 2 heterocycles. The molecule has 0 bridgehead atoms. The Morgan fingerprint density at radius 1 is 1.22 bits per heavy atom. The summed E-state index contributed by atoms with van der Waals surface area (Å²) in [4.78, 5) is 37.0. The molecule has 9 nitrogen and oxygen atoms in total. The Balaban J connectivity index is 0.00000363. The Hall–Kier alpha value is -2.42. The van der Waals surface area contributed by atoms with Crippen molar-refractivity contribution in [2.45, 2.75) is 11.4 Å². The Kier molecular flexibility index (Phi) is 7.14. The van der Waals surface area contributed by atoms with E-state index in [0.717, 1.165) is 7.05 Å². The molecule has 0 radical (unpaired) electrons. The number of sulfonamides is 1. The predicted molar refractivity (Wildman–Crippen MR) is 108 cm³/mol. The van der Waals surface area contributed by atoms with E-state index in [4.69, 9.17) is 11.6 Å². The van der Waals surface area contributed by atoms with Crippen LogP contribution in [0.2, 0.25) is 5.02 Å². The fourth-order valence-corrected chi connectivity index (χ4v) is 4.20. The molecule has 0 aliphatic carbocycles. The minimum atomic E-state index is -5.03. The average Bonchev–Trinajstić information content (AvgIpc) is 2.56. The number of aromatic nitrogens is 2. The van der Waals surface area contributed by atoms with Crippen LogP contribution in [0.3, 0.4) is 0 Å². The summed E-state index contributed by atoms with van der Waals surface area (Å²) in [6, 6.07) is 1.23. The highest BCUT2D eigenvalue weighted by molar-refractivity contribution is 7.90. The topological polar surface area (TPSA) is 119 Å². The number of carbonyl (C=O) groups excluding carboxylic acids is 1. The van der Waals surface area contributed by atoms with Crippen molar-refractivity contribution in [1.29, 1.82) is 0 Å². The van der Waals surface area contributed by atoms with Crippen molar-refractivity contribution in [3.8, 4) is 5.69 Å². The predicted octanol–water partition coefficient (Wildman–Crippen LogP) is 0.801. The van der Waals surface area contributed by atoms with E-state index in [9.17, 15) is 40.4 Å². The van der Waals surface area contributed by atoms with Crippen molar-refractivity contribution >= 4 is 39.9 Å².